The standard InChI is InChI=1S/C76H52N2O2S2/c1-45-17-13-23-57(61-27-15-25-59-53-19-5-9-29-67(53)79-75(59)61)73(45)77(51-35-39-71-63(43-51)55-21-7-11-31-69(55)81-71)65-37-33-49(41-47(65)3)50-34-38-66(48(4)42-50)78(52-36-40-72-64(44-52)56-22-8-12-32-70(56)82-72)74-46(2)18-14-24-58(74)62-28-16-26-60-54-20-6-10-30-68(54)80-76(60)62/h5-44H,1-4H3. The van der Waals surface area contributed by atoms with Gasteiger partial charge in [-0.25, -0.2) is 0 Å². The van der Waals surface area contributed by atoms with Crippen LogP contribution >= 0.6 is 22.7 Å². The minimum absolute atomic E-state index is 0.888. The van der Waals surface area contributed by atoms with Gasteiger partial charge in [0.05, 0.1) is 11.4 Å². The Kier molecular flexibility index (Phi) is 11.1. The molecule has 0 saturated heterocycles. The van der Waals surface area contributed by atoms with Crippen LogP contribution in [-0.2, 0) is 0 Å². The highest BCUT2D eigenvalue weighted by Crippen LogP contribution is 2.51. The topological polar surface area (TPSA) is 32.8 Å². The summed E-state index contributed by atoms with van der Waals surface area (Å²) in [5.41, 5.74) is 21.5. The Balaban J connectivity index is 0.854. The molecule has 4 heterocycles. The third kappa shape index (κ3) is 7.63. The number of nitrogens with zero attached hydrogens (tertiary/aromatic N) is 2. The molecule has 0 radical (unpaired) electrons. The number of anilines is 6. The van der Waals surface area contributed by atoms with Gasteiger partial charge in [-0.3, -0.25) is 0 Å². The van der Waals surface area contributed by atoms with Gasteiger partial charge in [0, 0.05) is 107 Å². The molecule has 0 saturated carbocycles. The molecule has 0 bridgehead atoms. The summed E-state index contributed by atoms with van der Waals surface area (Å²) in [6, 6.07) is 88.7. The predicted octanol–water partition coefficient (Wildman–Crippen LogP) is 23.4. The zero-order valence-corrected chi connectivity index (χ0v) is 47.3. The van der Waals surface area contributed by atoms with Gasteiger partial charge >= 0.3 is 0 Å². The van der Waals surface area contributed by atoms with Crippen LogP contribution in [0.25, 0.3) is 118 Å². The first-order valence-corrected chi connectivity index (χ1v) is 29.6. The van der Waals surface area contributed by atoms with Gasteiger partial charge in [-0.1, -0.05) is 158 Å². The average Bonchev–Trinajstić information content (AvgIpc) is 4.43. The smallest absolute Gasteiger partial charge is 0.143 e. The van der Waals surface area contributed by atoms with Gasteiger partial charge in [-0.15, -0.1) is 22.7 Å². The summed E-state index contributed by atoms with van der Waals surface area (Å²) >= 11 is 3.70. The first kappa shape index (κ1) is 48.2. The highest BCUT2D eigenvalue weighted by Gasteiger charge is 2.27. The lowest BCUT2D eigenvalue weighted by atomic mass is 9.94. The number of furan rings is 2. The van der Waals surface area contributed by atoms with Crippen molar-refractivity contribution in [1.29, 1.82) is 0 Å². The first-order chi connectivity index (χ1) is 40.3. The molecule has 0 spiro atoms. The second-order valence-corrected chi connectivity index (χ2v) is 23.9. The fourth-order valence-electron chi connectivity index (χ4n) is 12.9. The second-order valence-electron chi connectivity index (χ2n) is 21.7. The highest BCUT2D eigenvalue weighted by molar-refractivity contribution is 7.26. The zero-order valence-electron chi connectivity index (χ0n) is 45.6. The van der Waals surface area contributed by atoms with E-state index in [2.05, 4.69) is 268 Å². The number of rotatable bonds is 9. The maximum Gasteiger partial charge on any atom is 0.143 e. The SMILES string of the molecule is Cc1cc(-c2ccc(N(c3ccc4sc5ccccc5c4c3)c3c(C)cccc3-c3cccc4c3oc3ccccc34)c(C)c2)ccc1N(c1ccc2sc3ccccc3c2c1)c1c(C)cccc1-c1cccc2c1oc1ccccc12. The van der Waals surface area contributed by atoms with Gasteiger partial charge in [-0.05, 0) is 146 Å². The van der Waals surface area contributed by atoms with Crippen molar-refractivity contribution < 1.29 is 8.83 Å². The summed E-state index contributed by atoms with van der Waals surface area (Å²) in [4.78, 5) is 4.98. The van der Waals surface area contributed by atoms with Crippen molar-refractivity contribution >= 4 is 141 Å². The van der Waals surface area contributed by atoms with Gasteiger partial charge in [0.1, 0.15) is 22.3 Å². The summed E-state index contributed by atoms with van der Waals surface area (Å²) < 4.78 is 18.6. The second kappa shape index (κ2) is 19.0. The van der Waals surface area contributed by atoms with Crippen LogP contribution in [-0.4, -0.2) is 0 Å². The minimum atomic E-state index is 0.888. The quantitative estimate of drug-likeness (QED) is 0.144. The molecule has 6 heteroatoms. The molecule has 12 aromatic carbocycles. The Labute approximate surface area is 482 Å². The van der Waals surface area contributed by atoms with E-state index < -0.39 is 0 Å². The first-order valence-electron chi connectivity index (χ1n) is 28.0. The molecule has 4 aromatic heterocycles. The van der Waals surface area contributed by atoms with E-state index in [1.807, 2.05) is 34.8 Å². The molecule has 82 heavy (non-hydrogen) atoms. The van der Waals surface area contributed by atoms with Crippen molar-refractivity contribution in [3.05, 3.63) is 265 Å². The van der Waals surface area contributed by atoms with Crippen LogP contribution in [0, 0.1) is 27.7 Å². The summed E-state index contributed by atoms with van der Waals surface area (Å²) in [6.07, 6.45) is 0. The highest BCUT2D eigenvalue weighted by atomic mass is 32.1. The molecule has 4 nitrogen and oxygen atoms in total. The van der Waals surface area contributed by atoms with Crippen LogP contribution in [0.2, 0.25) is 0 Å². The lowest BCUT2D eigenvalue weighted by molar-refractivity contribution is 0.669. The van der Waals surface area contributed by atoms with Gasteiger partial charge in [0.25, 0.3) is 0 Å². The molecular formula is C76H52N2O2S2. The van der Waals surface area contributed by atoms with E-state index in [-0.39, 0.29) is 0 Å². The van der Waals surface area contributed by atoms with E-state index in [4.69, 9.17) is 8.83 Å². The lowest BCUT2D eigenvalue weighted by Gasteiger charge is -2.31. The van der Waals surface area contributed by atoms with Crippen LogP contribution < -0.4 is 9.80 Å². The van der Waals surface area contributed by atoms with Crippen LogP contribution in [0.5, 0.6) is 0 Å². The van der Waals surface area contributed by atoms with Crippen molar-refractivity contribution in [2.45, 2.75) is 27.7 Å². The van der Waals surface area contributed by atoms with Gasteiger partial charge in [0.2, 0.25) is 0 Å². The molecule has 0 N–H and O–H groups in total. The van der Waals surface area contributed by atoms with E-state index in [0.29, 0.717) is 0 Å². The third-order valence-electron chi connectivity index (χ3n) is 16.8. The fourth-order valence-corrected chi connectivity index (χ4v) is 15.1. The Morgan fingerprint density at radius 3 is 1.11 bits per heavy atom. The van der Waals surface area contributed by atoms with Gasteiger partial charge in [-0.2, -0.15) is 0 Å². The summed E-state index contributed by atoms with van der Waals surface area (Å²) in [7, 11) is 0. The lowest BCUT2D eigenvalue weighted by Crippen LogP contribution is -2.14. The number of thiophene rings is 2. The third-order valence-corrected chi connectivity index (χ3v) is 19.1. The van der Waals surface area contributed by atoms with Crippen molar-refractivity contribution in [3.8, 4) is 33.4 Å². The molecule has 0 atom stereocenters. The summed E-state index contributed by atoms with van der Waals surface area (Å²) in [6.45, 7) is 9.00. The Morgan fingerprint density at radius 2 is 0.659 bits per heavy atom. The van der Waals surface area contributed by atoms with Gasteiger partial charge < -0.3 is 18.6 Å². The number of para-hydroxylation sites is 6. The number of fused-ring (bicyclic) bond motifs is 12. The van der Waals surface area contributed by atoms with Crippen LogP contribution in [0.3, 0.4) is 0 Å². The van der Waals surface area contributed by atoms with Crippen LogP contribution in [0.15, 0.2) is 251 Å². The Morgan fingerprint density at radius 1 is 0.280 bits per heavy atom. The average molecular weight is 1090 g/mol. The van der Waals surface area contributed by atoms with Crippen LogP contribution in [0.4, 0.5) is 34.1 Å². The maximum atomic E-state index is 6.75. The minimum Gasteiger partial charge on any atom is -0.455 e. The van der Waals surface area contributed by atoms with Crippen molar-refractivity contribution in [3.63, 3.8) is 0 Å². The van der Waals surface area contributed by atoms with Gasteiger partial charge in [0.15, 0.2) is 0 Å². The normalized spacial score (nSPS) is 11.9. The molecule has 0 aliphatic heterocycles. The summed E-state index contributed by atoms with van der Waals surface area (Å²) in [5, 5.41) is 9.51. The molecule has 0 fully saturated rings. The number of benzene rings is 12. The zero-order chi connectivity index (χ0) is 54.7. The largest absolute Gasteiger partial charge is 0.455 e. The summed E-state index contributed by atoms with van der Waals surface area (Å²) in [5.74, 6) is 0. The molecule has 0 amide bonds. The van der Waals surface area contributed by atoms with Crippen LogP contribution in [0.1, 0.15) is 22.3 Å². The Bertz CT molecular complexity index is 4940. The molecular weight excluding hydrogens is 1040 g/mol. The maximum absolute atomic E-state index is 6.75. The number of aryl methyl sites for hydroxylation is 4. The fraction of sp³-hybridized carbons (Fsp3) is 0.0526. The number of hydrogen-bond acceptors (Lipinski definition) is 6. The molecule has 0 aliphatic rings. The molecule has 16 rings (SSSR count). The predicted molar refractivity (Wildman–Crippen MR) is 351 cm³/mol. The molecule has 0 aliphatic carbocycles. The van der Waals surface area contributed by atoms with Crippen molar-refractivity contribution in [2.75, 3.05) is 9.80 Å². The number of hydrogen-bond donors (Lipinski definition) is 0. The Hall–Kier alpha value is -9.72. The van der Waals surface area contributed by atoms with E-state index in [1.165, 1.54) is 40.3 Å². The van der Waals surface area contributed by atoms with Crippen molar-refractivity contribution in [1.82, 2.24) is 0 Å². The van der Waals surface area contributed by atoms with E-state index in [9.17, 15) is 0 Å². The van der Waals surface area contributed by atoms with E-state index >= 15 is 0 Å². The van der Waals surface area contributed by atoms with E-state index in [1.54, 1.807) is 0 Å². The van der Waals surface area contributed by atoms with Crippen molar-refractivity contribution in [2.24, 2.45) is 0 Å². The molecule has 390 valence electrons. The van der Waals surface area contributed by atoms with E-state index in [0.717, 1.165) is 134 Å². The molecule has 16 aromatic rings. The molecule has 0 unspecified atom stereocenters. The monoisotopic (exact) mass is 1090 g/mol.